The molecule has 0 spiro atoms. The van der Waals surface area contributed by atoms with Crippen LogP contribution in [0.1, 0.15) is 79.0 Å². The quantitative estimate of drug-likeness (QED) is 0.162. The molecule has 3 aromatic heterocycles. The van der Waals surface area contributed by atoms with E-state index in [1.807, 2.05) is 18.3 Å². The third-order valence-corrected chi connectivity index (χ3v) is 15.0. The number of imidazole rings is 1. The van der Waals surface area contributed by atoms with E-state index in [4.69, 9.17) is 9.97 Å². The van der Waals surface area contributed by atoms with E-state index < -0.39 is 0 Å². The van der Waals surface area contributed by atoms with Gasteiger partial charge in [0.25, 0.3) is 0 Å². The molecule has 12 aromatic rings. The van der Waals surface area contributed by atoms with Gasteiger partial charge in [0, 0.05) is 60.7 Å². The van der Waals surface area contributed by atoms with Gasteiger partial charge in [-0.1, -0.05) is 195 Å². The standard InChI is InChI=1S/C70H61N4O.Pt/c1-68(2,3)49-32-34-53-45(39-49)31-35-59(70(7,8)9)64(53)48-30-33-57(63(75)41-48)67-72-65-58(42-50(69(4,5)6)43-62(65)74(67)52-24-14-11-15-25-52)44-20-18-21-47(38-44)60-40-46(36-37-71-60)54-27-19-28-56-55-26-16-17-29-61(55)73(66(54)56)51-22-12-10-13-23-51;/h10-37,39-43,75H,1-9H3;/q-1;. The maximum atomic E-state index is 12.5. The molecule has 6 heteroatoms. The predicted molar refractivity (Wildman–Crippen MR) is 314 cm³/mol. The normalized spacial score (nSPS) is 12.2. The monoisotopic (exact) mass is 1170 g/mol. The third-order valence-electron chi connectivity index (χ3n) is 15.0. The van der Waals surface area contributed by atoms with Crippen molar-refractivity contribution in [2.24, 2.45) is 0 Å². The Morgan fingerprint density at radius 2 is 1.13 bits per heavy atom. The van der Waals surface area contributed by atoms with Gasteiger partial charge in [-0.05, 0) is 115 Å². The second-order valence-electron chi connectivity index (χ2n) is 23.2. The smallest absolute Gasteiger partial charge is 0.148 e. The van der Waals surface area contributed by atoms with Gasteiger partial charge in [0.2, 0.25) is 0 Å². The Kier molecular flexibility index (Phi) is 12.6. The Labute approximate surface area is 460 Å². The zero-order valence-corrected chi connectivity index (χ0v) is 46.9. The van der Waals surface area contributed by atoms with Crippen LogP contribution in [0.15, 0.2) is 200 Å². The minimum atomic E-state index is -0.202. The van der Waals surface area contributed by atoms with E-state index in [1.165, 1.54) is 38.2 Å². The number of aromatic nitrogens is 4. The van der Waals surface area contributed by atoms with Gasteiger partial charge in [-0.3, -0.25) is 9.55 Å². The van der Waals surface area contributed by atoms with Gasteiger partial charge >= 0.3 is 0 Å². The first-order chi connectivity index (χ1) is 36.0. The largest absolute Gasteiger partial charge is 0.507 e. The number of fused-ring (bicyclic) bond motifs is 5. The van der Waals surface area contributed by atoms with Crippen molar-refractivity contribution in [3.8, 4) is 73.2 Å². The maximum Gasteiger partial charge on any atom is 0.148 e. The first kappa shape index (κ1) is 50.3. The van der Waals surface area contributed by atoms with Gasteiger partial charge in [0.1, 0.15) is 11.6 Å². The van der Waals surface area contributed by atoms with Crippen LogP contribution in [-0.4, -0.2) is 24.2 Å². The molecule has 0 bridgehead atoms. The number of hydrogen-bond acceptors (Lipinski definition) is 3. The number of rotatable bonds is 7. The SMILES string of the molecule is CC(C)(C)c1ccc2c(-c3ccc(-c4nc5c(-c6[c-]c(-c7cc(-c8cccc9c%10ccccc%10n(-c%10ccccc%10)c89)ccn7)ccc6)cc(C(C)(C)C)cc5n4-c4ccccc4)c(O)c3)c(C(C)(C)C)ccc2c1.[Pt]. The molecular formula is C70H61N4OPt-. The Bertz CT molecular complexity index is 4180. The zero-order valence-electron chi connectivity index (χ0n) is 44.6. The number of benzene rings is 9. The minimum absolute atomic E-state index is 0. The summed E-state index contributed by atoms with van der Waals surface area (Å²) in [6, 6.07) is 72.8. The van der Waals surface area contributed by atoms with Crippen molar-refractivity contribution in [3.05, 3.63) is 223 Å². The first-order valence-corrected chi connectivity index (χ1v) is 26.1. The summed E-state index contributed by atoms with van der Waals surface area (Å²) in [5, 5.41) is 17.2. The summed E-state index contributed by atoms with van der Waals surface area (Å²) in [6.07, 6.45) is 1.91. The summed E-state index contributed by atoms with van der Waals surface area (Å²) in [5.74, 6) is 0.823. The van der Waals surface area contributed by atoms with E-state index in [0.29, 0.717) is 11.4 Å². The van der Waals surface area contributed by atoms with Gasteiger partial charge in [-0.2, -0.15) is 0 Å². The van der Waals surface area contributed by atoms with Crippen LogP contribution >= 0.6 is 0 Å². The molecule has 5 nitrogen and oxygen atoms in total. The molecule has 76 heavy (non-hydrogen) atoms. The Morgan fingerprint density at radius 3 is 1.84 bits per heavy atom. The number of pyridine rings is 1. The summed E-state index contributed by atoms with van der Waals surface area (Å²) in [5.41, 5.74) is 18.0. The number of hydrogen-bond donors (Lipinski definition) is 1. The molecule has 1 N–H and O–H groups in total. The molecule has 9 aromatic carbocycles. The second-order valence-corrected chi connectivity index (χ2v) is 23.2. The second kappa shape index (κ2) is 19.1. The Balaban J connectivity index is 0.00000616. The fourth-order valence-corrected chi connectivity index (χ4v) is 11.1. The van der Waals surface area contributed by atoms with Crippen molar-refractivity contribution in [3.63, 3.8) is 0 Å². The summed E-state index contributed by atoms with van der Waals surface area (Å²) >= 11 is 0. The molecular weight excluding hydrogens is 1110 g/mol. The molecule has 0 radical (unpaired) electrons. The molecule has 0 atom stereocenters. The predicted octanol–water partition coefficient (Wildman–Crippen LogP) is 18.4. The molecule has 3 heterocycles. The summed E-state index contributed by atoms with van der Waals surface area (Å²) in [6.45, 7) is 20.3. The average Bonchev–Trinajstić information content (AvgIpc) is 4.08. The topological polar surface area (TPSA) is 55.9 Å². The van der Waals surface area contributed by atoms with Crippen molar-refractivity contribution in [2.75, 3.05) is 0 Å². The molecule has 0 aliphatic rings. The van der Waals surface area contributed by atoms with Crippen LogP contribution in [0.3, 0.4) is 0 Å². The third kappa shape index (κ3) is 8.85. The maximum absolute atomic E-state index is 12.5. The zero-order chi connectivity index (χ0) is 52.0. The van der Waals surface area contributed by atoms with Crippen LogP contribution in [-0.2, 0) is 37.3 Å². The van der Waals surface area contributed by atoms with E-state index in [0.717, 1.165) is 78.1 Å². The molecule has 0 amide bonds. The summed E-state index contributed by atoms with van der Waals surface area (Å²) < 4.78 is 4.59. The number of phenolic OH excluding ortho intramolecular Hbond substituents is 1. The molecule has 378 valence electrons. The van der Waals surface area contributed by atoms with Crippen LogP contribution in [0.5, 0.6) is 5.75 Å². The van der Waals surface area contributed by atoms with Crippen molar-refractivity contribution in [1.82, 2.24) is 19.1 Å². The molecule has 0 saturated heterocycles. The Hall–Kier alpha value is -7.85. The van der Waals surface area contributed by atoms with Crippen LogP contribution in [0.2, 0.25) is 0 Å². The van der Waals surface area contributed by atoms with Crippen LogP contribution in [0, 0.1) is 6.07 Å². The van der Waals surface area contributed by atoms with E-state index in [9.17, 15) is 5.11 Å². The van der Waals surface area contributed by atoms with E-state index in [-0.39, 0.29) is 43.1 Å². The van der Waals surface area contributed by atoms with Crippen molar-refractivity contribution >= 4 is 43.6 Å². The van der Waals surface area contributed by atoms with E-state index in [1.54, 1.807) is 0 Å². The Morgan fingerprint density at radius 1 is 0.461 bits per heavy atom. The van der Waals surface area contributed by atoms with Gasteiger partial charge in [0.05, 0.1) is 27.6 Å². The van der Waals surface area contributed by atoms with E-state index >= 15 is 0 Å². The van der Waals surface area contributed by atoms with Crippen molar-refractivity contribution < 1.29 is 26.2 Å². The van der Waals surface area contributed by atoms with Crippen LogP contribution < -0.4 is 0 Å². The van der Waals surface area contributed by atoms with Crippen molar-refractivity contribution in [1.29, 1.82) is 0 Å². The molecule has 0 aliphatic carbocycles. The van der Waals surface area contributed by atoms with Gasteiger partial charge in [-0.15, -0.1) is 29.8 Å². The first-order valence-electron chi connectivity index (χ1n) is 26.1. The molecule has 0 aliphatic heterocycles. The molecule has 0 unspecified atom stereocenters. The molecule has 0 saturated carbocycles. The number of nitrogens with zero attached hydrogens (tertiary/aromatic N) is 4. The van der Waals surface area contributed by atoms with Gasteiger partial charge < -0.3 is 9.67 Å². The molecule has 0 fully saturated rings. The van der Waals surface area contributed by atoms with Gasteiger partial charge in [-0.25, -0.2) is 4.98 Å². The minimum Gasteiger partial charge on any atom is -0.507 e. The van der Waals surface area contributed by atoms with Crippen LogP contribution in [0.25, 0.3) is 111 Å². The number of aromatic hydroxyl groups is 1. The van der Waals surface area contributed by atoms with Crippen molar-refractivity contribution in [2.45, 2.75) is 78.6 Å². The van der Waals surface area contributed by atoms with Crippen LogP contribution in [0.4, 0.5) is 0 Å². The fourth-order valence-electron chi connectivity index (χ4n) is 11.1. The average molecular weight is 1170 g/mol. The van der Waals surface area contributed by atoms with E-state index in [2.05, 4.69) is 260 Å². The summed E-state index contributed by atoms with van der Waals surface area (Å²) in [4.78, 5) is 10.6. The molecule has 12 rings (SSSR count). The number of para-hydroxylation sites is 4. The summed E-state index contributed by atoms with van der Waals surface area (Å²) in [7, 11) is 0. The van der Waals surface area contributed by atoms with Gasteiger partial charge in [0.15, 0.2) is 0 Å². The number of phenols is 1. The fraction of sp³-hybridized carbons (Fsp3) is 0.171.